The van der Waals surface area contributed by atoms with Crippen LogP contribution in [-0.2, 0) is 16.1 Å². The Morgan fingerprint density at radius 1 is 0.907 bits per heavy atom. The Kier molecular flexibility index (Phi) is 10.3. The number of alkyl halides is 3. The van der Waals surface area contributed by atoms with Crippen LogP contribution in [0.3, 0.4) is 0 Å². The summed E-state index contributed by atoms with van der Waals surface area (Å²) in [5.74, 6) is -2.05. The van der Waals surface area contributed by atoms with Crippen LogP contribution < -0.4 is 4.90 Å². The lowest BCUT2D eigenvalue weighted by atomic mass is 9.83. The first-order valence-electron chi connectivity index (χ1n) is 15.2. The first kappa shape index (κ1) is 31.7. The maximum Gasteiger partial charge on any atom is 0.471 e. The molecular weight excluding hydrogens is 584 g/mol. The van der Waals surface area contributed by atoms with E-state index in [1.54, 1.807) is 29.2 Å². The second-order valence-corrected chi connectivity index (χ2v) is 12.5. The van der Waals surface area contributed by atoms with Gasteiger partial charge in [-0.15, -0.1) is 0 Å². The molecule has 0 radical (unpaired) electrons. The van der Waals surface area contributed by atoms with Gasteiger partial charge in [0.15, 0.2) is 0 Å². The SMILES string of the molecule is O=C(C1CCN(C(=O)C(F)(F)F)CC1)N(CCCN1CCC2C(CCCN2Cc2ccc(F)cc2)C1)c1ccc(Cl)cc1. The summed E-state index contributed by atoms with van der Waals surface area (Å²) < 4.78 is 52.0. The maximum atomic E-state index is 13.7. The zero-order valence-electron chi connectivity index (χ0n) is 24.2. The van der Waals surface area contributed by atoms with Gasteiger partial charge in [0, 0.05) is 55.4 Å². The highest BCUT2D eigenvalue weighted by Crippen LogP contribution is 2.32. The number of hydrogen-bond donors (Lipinski definition) is 0. The number of anilines is 1. The second-order valence-electron chi connectivity index (χ2n) is 12.0. The number of amides is 2. The largest absolute Gasteiger partial charge is 0.471 e. The molecule has 3 fully saturated rings. The summed E-state index contributed by atoms with van der Waals surface area (Å²) >= 11 is 6.09. The molecule has 5 rings (SSSR count). The molecule has 2 amide bonds. The molecular formula is C32H39ClF4N4O2. The quantitative estimate of drug-likeness (QED) is 0.340. The third-order valence-corrected chi connectivity index (χ3v) is 9.45. The summed E-state index contributed by atoms with van der Waals surface area (Å²) in [5, 5.41) is 0.555. The number of benzene rings is 2. The van der Waals surface area contributed by atoms with E-state index in [0.29, 0.717) is 29.2 Å². The normalized spacial score (nSPS) is 22.3. The summed E-state index contributed by atoms with van der Waals surface area (Å²) in [6.45, 7) is 5.03. The van der Waals surface area contributed by atoms with Crippen molar-refractivity contribution in [3.05, 3.63) is 64.9 Å². The molecule has 2 aromatic rings. The van der Waals surface area contributed by atoms with Gasteiger partial charge in [-0.2, -0.15) is 13.2 Å². The maximum absolute atomic E-state index is 13.7. The molecule has 43 heavy (non-hydrogen) atoms. The van der Waals surface area contributed by atoms with Crippen LogP contribution in [-0.4, -0.2) is 84.5 Å². The zero-order chi connectivity index (χ0) is 30.6. The van der Waals surface area contributed by atoms with Crippen LogP contribution in [0.1, 0.15) is 44.1 Å². The van der Waals surface area contributed by atoms with Gasteiger partial charge in [-0.05, 0) is 106 Å². The third kappa shape index (κ3) is 8.08. The molecule has 3 aliphatic rings. The molecule has 2 unspecified atom stereocenters. The van der Waals surface area contributed by atoms with Crippen molar-refractivity contribution >= 4 is 29.1 Å². The van der Waals surface area contributed by atoms with E-state index in [0.717, 1.165) is 62.4 Å². The van der Waals surface area contributed by atoms with Gasteiger partial charge in [0.05, 0.1) is 0 Å². The second kappa shape index (κ2) is 13.9. The molecule has 3 saturated heterocycles. The first-order chi connectivity index (χ1) is 20.6. The average Bonchev–Trinajstić information content (AvgIpc) is 3.00. The number of likely N-dealkylation sites (tertiary alicyclic amines) is 3. The minimum atomic E-state index is -4.90. The summed E-state index contributed by atoms with van der Waals surface area (Å²) in [4.78, 5) is 32.9. The van der Waals surface area contributed by atoms with Crippen molar-refractivity contribution in [1.82, 2.24) is 14.7 Å². The zero-order valence-corrected chi connectivity index (χ0v) is 25.0. The molecule has 11 heteroatoms. The van der Waals surface area contributed by atoms with E-state index in [9.17, 15) is 27.2 Å². The number of carbonyl (C=O) groups is 2. The van der Waals surface area contributed by atoms with Gasteiger partial charge in [0.25, 0.3) is 0 Å². The van der Waals surface area contributed by atoms with Crippen LogP contribution in [0.25, 0.3) is 0 Å². The molecule has 3 aliphatic heterocycles. The Labute approximate surface area is 255 Å². The number of hydrogen-bond acceptors (Lipinski definition) is 4. The van der Waals surface area contributed by atoms with Crippen molar-refractivity contribution < 1.29 is 27.2 Å². The number of rotatable bonds is 8. The van der Waals surface area contributed by atoms with Gasteiger partial charge < -0.3 is 14.7 Å². The number of piperidine rings is 3. The minimum Gasteiger partial charge on any atom is -0.335 e. The van der Waals surface area contributed by atoms with E-state index in [1.807, 2.05) is 12.1 Å². The smallest absolute Gasteiger partial charge is 0.335 e. The summed E-state index contributed by atoms with van der Waals surface area (Å²) in [7, 11) is 0. The highest BCUT2D eigenvalue weighted by Gasteiger charge is 2.44. The molecule has 2 aromatic carbocycles. The van der Waals surface area contributed by atoms with Crippen LogP contribution in [0.15, 0.2) is 48.5 Å². The summed E-state index contributed by atoms with van der Waals surface area (Å²) in [6, 6.07) is 14.3. The van der Waals surface area contributed by atoms with Crippen LogP contribution in [0.5, 0.6) is 0 Å². The van der Waals surface area contributed by atoms with E-state index >= 15 is 0 Å². The lowest BCUT2D eigenvalue weighted by molar-refractivity contribution is -0.186. The summed E-state index contributed by atoms with van der Waals surface area (Å²) in [6.07, 6.45) is -0.340. The lowest BCUT2D eigenvalue weighted by Crippen LogP contribution is -2.54. The van der Waals surface area contributed by atoms with Gasteiger partial charge in [-0.25, -0.2) is 4.39 Å². The Bertz CT molecular complexity index is 1240. The van der Waals surface area contributed by atoms with Crippen LogP contribution >= 0.6 is 11.6 Å². The van der Waals surface area contributed by atoms with Crippen LogP contribution in [0.2, 0.25) is 5.02 Å². The number of carbonyl (C=O) groups excluding carboxylic acids is 2. The highest BCUT2D eigenvalue weighted by atomic mass is 35.5. The van der Waals surface area contributed by atoms with Gasteiger partial charge in [0.2, 0.25) is 5.91 Å². The Balaban J connectivity index is 1.15. The molecule has 0 aliphatic carbocycles. The van der Waals surface area contributed by atoms with Gasteiger partial charge in [0.1, 0.15) is 5.82 Å². The number of halogens is 5. The van der Waals surface area contributed by atoms with E-state index in [2.05, 4.69) is 9.80 Å². The van der Waals surface area contributed by atoms with Crippen molar-refractivity contribution in [3.63, 3.8) is 0 Å². The molecule has 0 aromatic heterocycles. The minimum absolute atomic E-state index is 0.0856. The van der Waals surface area contributed by atoms with Crippen LogP contribution in [0, 0.1) is 17.7 Å². The fraction of sp³-hybridized carbons (Fsp3) is 0.562. The van der Waals surface area contributed by atoms with Crippen molar-refractivity contribution in [1.29, 1.82) is 0 Å². The van der Waals surface area contributed by atoms with Crippen molar-refractivity contribution in [2.24, 2.45) is 11.8 Å². The third-order valence-electron chi connectivity index (χ3n) is 9.20. The Morgan fingerprint density at radius 2 is 1.60 bits per heavy atom. The monoisotopic (exact) mass is 622 g/mol. The first-order valence-corrected chi connectivity index (χ1v) is 15.6. The van der Waals surface area contributed by atoms with E-state index in [-0.39, 0.29) is 37.7 Å². The summed E-state index contributed by atoms with van der Waals surface area (Å²) in [5.41, 5.74) is 1.85. The van der Waals surface area contributed by atoms with E-state index in [1.165, 1.54) is 18.6 Å². The van der Waals surface area contributed by atoms with E-state index in [4.69, 9.17) is 11.6 Å². The average molecular weight is 623 g/mol. The standard InChI is InChI=1S/C32H39ClF4N4O2/c33-26-6-10-28(11-7-26)41(30(42)24-12-19-39(20-13-24)31(43)32(35,36)37)17-2-15-38-18-14-29-25(22-38)3-1-16-40(29)21-23-4-8-27(34)9-5-23/h4-11,24-25,29H,1-3,12-22H2. The van der Waals surface area contributed by atoms with Gasteiger partial charge in [-0.3, -0.25) is 14.5 Å². The topological polar surface area (TPSA) is 47.1 Å². The molecule has 234 valence electrons. The van der Waals surface area contributed by atoms with E-state index < -0.39 is 18.0 Å². The molecule has 0 bridgehead atoms. The van der Waals surface area contributed by atoms with Crippen molar-refractivity contribution in [2.75, 3.05) is 50.7 Å². The highest BCUT2D eigenvalue weighted by molar-refractivity contribution is 6.30. The fourth-order valence-corrected chi connectivity index (χ4v) is 7.10. The van der Waals surface area contributed by atoms with Gasteiger partial charge in [-0.1, -0.05) is 23.7 Å². The Morgan fingerprint density at radius 3 is 2.28 bits per heavy atom. The lowest BCUT2D eigenvalue weighted by Gasteiger charge is -2.47. The van der Waals surface area contributed by atoms with Crippen molar-refractivity contribution in [3.8, 4) is 0 Å². The molecule has 0 spiro atoms. The predicted molar refractivity (Wildman–Crippen MR) is 158 cm³/mol. The molecule has 3 heterocycles. The molecule has 0 N–H and O–H groups in total. The fourth-order valence-electron chi connectivity index (χ4n) is 6.97. The number of nitrogens with zero attached hydrogens (tertiary/aromatic N) is 4. The number of fused-ring (bicyclic) bond motifs is 1. The molecule has 6 nitrogen and oxygen atoms in total. The van der Waals surface area contributed by atoms with Gasteiger partial charge >= 0.3 is 12.1 Å². The van der Waals surface area contributed by atoms with Crippen molar-refractivity contribution in [2.45, 2.75) is 57.3 Å². The molecule has 2 atom stereocenters. The van der Waals surface area contributed by atoms with Crippen LogP contribution in [0.4, 0.5) is 23.2 Å². The Hall–Kier alpha value is -2.69. The predicted octanol–water partition coefficient (Wildman–Crippen LogP) is 5.99. The molecule has 0 saturated carbocycles.